The molecule has 5 atom stereocenters. The van der Waals surface area contributed by atoms with Gasteiger partial charge in [0.25, 0.3) is 5.91 Å². The second kappa shape index (κ2) is 15.3. The van der Waals surface area contributed by atoms with Gasteiger partial charge in [0.2, 0.25) is 27.7 Å². The minimum Gasteiger partial charge on any atom is -0.444 e. The SMILES string of the molecule is C=CC(=O)N1CCCC=CC2CC2(C(=O)NS(=O)(=O)C2CC2)NC(=O)C2CC(OC(=O)N3Cc4cccc(F)c4C3)CN2C(=O)C(NC(=O)OC(C)(C)C)C1. The number of hydrogen-bond donors (Lipinski definition) is 3. The summed E-state index contributed by atoms with van der Waals surface area (Å²) in [6.07, 6.45) is 3.24. The van der Waals surface area contributed by atoms with E-state index < -0.39 is 92.2 Å². The van der Waals surface area contributed by atoms with Gasteiger partial charge in [-0.3, -0.25) is 28.8 Å². The summed E-state index contributed by atoms with van der Waals surface area (Å²) in [5.74, 6) is -4.10. The topological polar surface area (TPSA) is 201 Å². The zero-order valence-electron chi connectivity index (χ0n) is 31.0. The average molecular weight is 787 g/mol. The number of amides is 6. The molecule has 6 rings (SSSR count). The van der Waals surface area contributed by atoms with Crippen molar-refractivity contribution in [2.45, 2.75) is 107 Å². The van der Waals surface area contributed by atoms with E-state index in [4.69, 9.17) is 9.47 Å². The third-order valence-corrected chi connectivity index (χ3v) is 12.1. The number of nitrogens with one attached hydrogen (secondary N) is 3. The summed E-state index contributed by atoms with van der Waals surface area (Å²) in [6.45, 7) is 7.99. The van der Waals surface area contributed by atoms with Gasteiger partial charge in [-0.1, -0.05) is 30.9 Å². The van der Waals surface area contributed by atoms with Gasteiger partial charge in [-0.25, -0.2) is 22.4 Å². The Morgan fingerprint density at radius 2 is 1.84 bits per heavy atom. The van der Waals surface area contributed by atoms with E-state index in [-0.39, 0.29) is 45.6 Å². The molecule has 16 nitrogen and oxygen atoms in total. The molecule has 298 valence electrons. The van der Waals surface area contributed by atoms with Crippen LogP contribution in [0.1, 0.15) is 70.4 Å². The number of nitrogens with zero attached hydrogens (tertiary/aromatic N) is 3. The van der Waals surface area contributed by atoms with Crippen LogP contribution in [0.4, 0.5) is 14.0 Å². The molecule has 0 spiro atoms. The van der Waals surface area contributed by atoms with Gasteiger partial charge >= 0.3 is 12.2 Å². The number of halogens is 1. The number of carbonyl (C=O) groups excluding carboxylic acids is 6. The number of rotatable bonds is 6. The second-order valence-corrected chi connectivity index (χ2v) is 17.6. The van der Waals surface area contributed by atoms with Crippen molar-refractivity contribution < 1.29 is 51.0 Å². The standard InChI is InChI=1S/C37H47FN6O10S/c1-5-30(45)42-15-8-6-7-11-23-17-37(23,33(48)41-55(51,52)25-13-14-25)40-31(46)29-16-24(53-35(50)43-18-22-10-9-12-27(38)26(22)20-43)19-44(29)32(47)28(21-42)39-34(49)54-36(2,3)4/h5,7,9-12,23-25,28-29H,1,6,8,13-21H2,2-4H3,(H,39,49)(H,40,46)(H,41,48). The highest BCUT2D eigenvalue weighted by molar-refractivity contribution is 7.91. The minimum absolute atomic E-state index is 0.0501. The van der Waals surface area contributed by atoms with Crippen LogP contribution in [0.15, 0.2) is 43.0 Å². The first-order valence-electron chi connectivity index (χ1n) is 18.4. The van der Waals surface area contributed by atoms with Crippen molar-refractivity contribution in [2.75, 3.05) is 19.6 Å². The molecule has 0 aromatic heterocycles. The second-order valence-electron chi connectivity index (χ2n) is 15.7. The molecule has 1 saturated heterocycles. The minimum atomic E-state index is -3.98. The zero-order valence-corrected chi connectivity index (χ0v) is 31.9. The quantitative estimate of drug-likeness (QED) is 0.283. The first kappa shape index (κ1) is 39.7. The smallest absolute Gasteiger partial charge is 0.410 e. The molecular formula is C37H47FN6O10S. The van der Waals surface area contributed by atoms with Crippen molar-refractivity contribution in [1.29, 1.82) is 0 Å². The average Bonchev–Trinajstić information content (AvgIpc) is 3.99. The Kier molecular flexibility index (Phi) is 11.0. The molecule has 1 aromatic rings. The van der Waals surface area contributed by atoms with E-state index in [9.17, 15) is 41.6 Å². The number of sulfonamides is 1. The molecular weight excluding hydrogens is 740 g/mol. The highest BCUT2D eigenvalue weighted by Crippen LogP contribution is 2.46. The lowest BCUT2D eigenvalue weighted by Gasteiger charge is -2.32. The number of ether oxygens (including phenoxy) is 2. The molecule has 3 N–H and O–H groups in total. The lowest BCUT2D eigenvalue weighted by atomic mass is 10.1. The summed E-state index contributed by atoms with van der Waals surface area (Å²) in [7, 11) is -3.98. The number of carbonyl (C=O) groups is 6. The van der Waals surface area contributed by atoms with E-state index >= 15 is 0 Å². The Bertz CT molecular complexity index is 1910. The fourth-order valence-electron chi connectivity index (χ4n) is 7.21. The predicted molar refractivity (Wildman–Crippen MR) is 193 cm³/mol. The van der Waals surface area contributed by atoms with E-state index in [2.05, 4.69) is 21.9 Å². The van der Waals surface area contributed by atoms with Crippen molar-refractivity contribution in [3.8, 4) is 0 Å². The molecule has 18 heteroatoms. The van der Waals surface area contributed by atoms with Crippen LogP contribution in [0, 0.1) is 11.7 Å². The van der Waals surface area contributed by atoms with E-state index in [0.717, 1.165) is 11.0 Å². The van der Waals surface area contributed by atoms with Gasteiger partial charge < -0.3 is 29.9 Å². The van der Waals surface area contributed by atoms with Crippen LogP contribution in [-0.2, 0) is 51.8 Å². The van der Waals surface area contributed by atoms with Gasteiger partial charge in [0, 0.05) is 31.0 Å². The third kappa shape index (κ3) is 8.95. The molecule has 3 aliphatic heterocycles. The summed E-state index contributed by atoms with van der Waals surface area (Å²) in [4.78, 5) is 85.8. The molecule has 2 saturated carbocycles. The van der Waals surface area contributed by atoms with Crippen molar-refractivity contribution >= 4 is 45.8 Å². The van der Waals surface area contributed by atoms with Crippen LogP contribution in [-0.4, -0.2) is 113 Å². The zero-order chi connectivity index (χ0) is 39.9. The maximum absolute atomic E-state index is 14.6. The number of allylic oxidation sites excluding steroid dienone is 1. The van der Waals surface area contributed by atoms with E-state index in [0.29, 0.717) is 36.8 Å². The van der Waals surface area contributed by atoms with Crippen molar-refractivity contribution in [1.82, 2.24) is 30.1 Å². The lowest BCUT2D eigenvalue weighted by molar-refractivity contribution is -0.142. The third-order valence-electron chi connectivity index (χ3n) is 10.3. The first-order chi connectivity index (χ1) is 25.9. The fourth-order valence-corrected chi connectivity index (χ4v) is 8.57. The Hall–Kier alpha value is -5.00. The van der Waals surface area contributed by atoms with Gasteiger partial charge in [-0.2, -0.15) is 0 Å². The Morgan fingerprint density at radius 1 is 1.09 bits per heavy atom. The van der Waals surface area contributed by atoms with E-state index in [1.54, 1.807) is 39.0 Å². The molecule has 6 amide bonds. The molecule has 5 aliphatic rings. The van der Waals surface area contributed by atoms with Crippen LogP contribution < -0.4 is 15.4 Å². The van der Waals surface area contributed by atoms with Crippen LogP contribution in [0.5, 0.6) is 0 Å². The monoisotopic (exact) mass is 786 g/mol. The van der Waals surface area contributed by atoms with Crippen molar-refractivity contribution in [3.05, 3.63) is 60.0 Å². The van der Waals surface area contributed by atoms with Crippen LogP contribution in [0.25, 0.3) is 0 Å². The van der Waals surface area contributed by atoms with Crippen molar-refractivity contribution in [2.24, 2.45) is 5.92 Å². The maximum Gasteiger partial charge on any atom is 0.410 e. The number of alkyl carbamates (subject to hydrolysis) is 1. The summed E-state index contributed by atoms with van der Waals surface area (Å²) in [6, 6.07) is 1.71. The summed E-state index contributed by atoms with van der Waals surface area (Å²) < 4.78 is 53.5. The fraction of sp³-hybridized carbons (Fsp3) is 0.568. The van der Waals surface area contributed by atoms with Gasteiger partial charge in [0.05, 0.1) is 24.9 Å². The Labute approximate surface area is 318 Å². The summed E-state index contributed by atoms with van der Waals surface area (Å²) >= 11 is 0. The largest absolute Gasteiger partial charge is 0.444 e. The number of fused-ring (bicyclic) bond motifs is 3. The summed E-state index contributed by atoms with van der Waals surface area (Å²) in [5.41, 5.74) is -1.64. The molecule has 0 radical (unpaired) electrons. The van der Waals surface area contributed by atoms with Gasteiger partial charge in [0.15, 0.2) is 0 Å². The number of benzene rings is 1. The lowest BCUT2D eigenvalue weighted by Crippen LogP contribution is -2.60. The molecule has 3 fully saturated rings. The Morgan fingerprint density at radius 3 is 2.51 bits per heavy atom. The normalized spacial score (nSPS) is 27.0. The van der Waals surface area contributed by atoms with Crippen LogP contribution >= 0.6 is 0 Å². The predicted octanol–water partition coefficient (Wildman–Crippen LogP) is 1.99. The molecule has 5 unspecified atom stereocenters. The van der Waals surface area contributed by atoms with Gasteiger partial charge in [-0.15, -0.1) is 0 Å². The Balaban J connectivity index is 1.31. The molecule has 55 heavy (non-hydrogen) atoms. The first-order valence-corrected chi connectivity index (χ1v) is 19.9. The molecule has 2 aliphatic carbocycles. The van der Waals surface area contributed by atoms with E-state index in [1.807, 2.05) is 0 Å². The van der Waals surface area contributed by atoms with E-state index in [1.165, 1.54) is 21.9 Å². The molecule has 1 aromatic carbocycles. The molecule has 3 heterocycles. The molecule has 0 bridgehead atoms. The van der Waals surface area contributed by atoms with Gasteiger partial charge in [-0.05, 0) is 70.6 Å². The summed E-state index contributed by atoms with van der Waals surface area (Å²) in [5, 5.41) is 4.58. The van der Waals surface area contributed by atoms with Crippen LogP contribution in [0.3, 0.4) is 0 Å². The number of hydrogen-bond acceptors (Lipinski definition) is 10. The van der Waals surface area contributed by atoms with Crippen molar-refractivity contribution in [3.63, 3.8) is 0 Å². The maximum atomic E-state index is 14.6. The highest BCUT2D eigenvalue weighted by Gasteiger charge is 2.62. The highest BCUT2D eigenvalue weighted by atomic mass is 32.2. The van der Waals surface area contributed by atoms with Gasteiger partial charge in [0.1, 0.15) is 35.1 Å². The van der Waals surface area contributed by atoms with Crippen LogP contribution in [0.2, 0.25) is 0 Å².